The summed E-state index contributed by atoms with van der Waals surface area (Å²) in [7, 11) is 0. The van der Waals surface area contributed by atoms with Crippen LogP contribution in [0.4, 0.5) is 0 Å². The van der Waals surface area contributed by atoms with Crippen molar-refractivity contribution in [1.82, 2.24) is 5.32 Å². The first-order valence-corrected chi connectivity index (χ1v) is 8.06. The number of halogens is 2. The van der Waals surface area contributed by atoms with E-state index < -0.39 is 0 Å². The van der Waals surface area contributed by atoms with Gasteiger partial charge in [0.25, 0.3) is 0 Å². The Morgan fingerprint density at radius 2 is 2.11 bits per heavy atom. The molecule has 1 fully saturated rings. The van der Waals surface area contributed by atoms with Gasteiger partial charge in [0.2, 0.25) is 0 Å². The predicted molar refractivity (Wildman–Crippen MR) is 84.0 cm³/mol. The number of hydrogen-bond donors (Lipinski definition) is 1. The summed E-state index contributed by atoms with van der Waals surface area (Å²) in [6, 6.07) is 6.68. The third kappa shape index (κ3) is 4.11. The second-order valence-electron chi connectivity index (χ2n) is 5.69. The van der Waals surface area contributed by atoms with E-state index >= 15 is 0 Å². The molecule has 3 atom stereocenters. The van der Waals surface area contributed by atoms with E-state index in [2.05, 4.69) is 19.2 Å². The fourth-order valence-corrected chi connectivity index (χ4v) is 3.68. The number of nitrogens with one attached hydrogen (secondary N) is 1. The Hall–Kier alpha value is -0.240. The highest BCUT2D eigenvalue weighted by molar-refractivity contribution is 6.35. The molecule has 1 N–H and O–H groups in total. The monoisotopic (exact) mass is 299 g/mol. The summed E-state index contributed by atoms with van der Waals surface area (Å²) in [4.78, 5) is 0. The lowest BCUT2D eigenvalue weighted by atomic mass is 9.84. The third-order valence-corrected chi connectivity index (χ3v) is 4.84. The molecule has 3 heteroatoms. The summed E-state index contributed by atoms with van der Waals surface area (Å²) in [5, 5.41) is 5.19. The Morgan fingerprint density at radius 3 is 2.79 bits per heavy atom. The summed E-state index contributed by atoms with van der Waals surface area (Å²) >= 11 is 12.2. The van der Waals surface area contributed by atoms with E-state index in [0.717, 1.165) is 16.5 Å². The summed E-state index contributed by atoms with van der Waals surface area (Å²) in [6.45, 7) is 4.48. The summed E-state index contributed by atoms with van der Waals surface area (Å²) in [6.07, 6.45) is 6.62. The first-order valence-electron chi connectivity index (χ1n) is 7.31. The van der Waals surface area contributed by atoms with Crippen molar-refractivity contribution in [1.29, 1.82) is 0 Å². The molecule has 0 bridgehead atoms. The van der Waals surface area contributed by atoms with Crippen molar-refractivity contribution in [3.05, 3.63) is 33.8 Å². The lowest BCUT2D eigenvalue weighted by molar-refractivity contribution is 0.266. The van der Waals surface area contributed by atoms with Gasteiger partial charge < -0.3 is 5.32 Å². The van der Waals surface area contributed by atoms with Crippen LogP contribution in [0.1, 0.15) is 57.6 Å². The smallest absolute Gasteiger partial charge is 0.0468 e. The van der Waals surface area contributed by atoms with E-state index in [1.54, 1.807) is 0 Å². The topological polar surface area (TPSA) is 12.0 Å². The van der Waals surface area contributed by atoms with Gasteiger partial charge in [-0.15, -0.1) is 0 Å². The van der Waals surface area contributed by atoms with Crippen LogP contribution in [0.25, 0.3) is 0 Å². The fourth-order valence-electron chi connectivity index (χ4n) is 3.11. The van der Waals surface area contributed by atoms with Crippen LogP contribution in [0.5, 0.6) is 0 Å². The molecule has 0 heterocycles. The molecule has 1 aliphatic rings. The first kappa shape index (κ1) is 15.2. The van der Waals surface area contributed by atoms with E-state index in [9.17, 15) is 0 Å². The van der Waals surface area contributed by atoms with Crippen molar-refractivity contribution < 1.29 is 0 Å². The highest BCUT2D eigenvalue weighted by atomic mass is 35.5. The highest BCUT2D eigenvalue weighted by Crippen LogP contribution is 2.30. The molecule has 0 radical (unpaired) electrons. The van der Waals surface area contributed by atoms with Crippen molar-refractivity contribution >= 4 is 23.2 Å². The Balaban J connectivity index is 1.98. The van der Waals surface area contributed by atoms with Crippen LogP contribution in [0, 0.1) is 5.92 Å². The molecule has 0 spiro atoms. The molecule has 1 aliphatic carbocycles. The van der Waals surface area contributed by atoms with E-state index in [1.165, 1.54) is 32.1 Å². The van der Waals surface area contributed by atoms with Gasteiger partial charge in [0, 0.05) is 22.1 Å². The molecule has 2 rings (SSSR count). The van der Waals surface area contributed by atoms with Gasteiger partial charge >= 0.3 is 0 Å². The van der Waals surface area contributed by atoms with E-state index in [4.69, 9.17) is 23.2 Å². The zero-order valence-electron chi connectivity index (χ0n) is 11.8. The quantitative estimate of drug-likeness (QED) is 0.761. The van der Waals surface area contributed by atoms with E-state index in [1.807, 2.05) is 18.2 Å². The normalized spacial score (nSPS) is 25.3. The minimum atomic E-state index is 0.283. The van der Waals surface area contributed by atoms with Gasteiger partial charge in [0.05, 0.1) is 0 Å². The van der Waals surface area contributed by atoms with Crippen LogP contribution >= 0.6 is 23.2 Å². The molecule has 0 aromatic heterocycles. The van der Waals surface area contributed by atoms with Crippen molar-refractivity contribution in [3.63, 3.8) is 0 Å². The Kier molecular flexibility index (Phi) is 5.56. The van der Waals surface area contributed by atoms with E-state index in [-0.39, 0.29) is 6.04 Å². The standard InChI is InChI=1S/C16H23Cl2N/c1-3-12-5-4-6-14(9-12)19-11(2)15-8-7-13(17)10-16(15)18/h7-8,10-12,14,19H,3-6,9H2,1-2H3. The predicted octanol–water partition coefficient (Wildman–Crippen LogP) is 5.61. The maximum Gasteiger partial charge on any atom is 0.0468 e. The molecule has 1 nitrogen and oxygen atoms in total. The third-order valence-electron chi connectivity index (χ3n) is 4.27. The van der Waals surface area contributed by atoms with E-state index in [0.29, 0.717) is 11.1 Å². The Labute approximate surface area is 126 Å². The summed E-state index contributed by atoms with van der Waals surface area (Å²) in [5.74, 6) is 0.888. The molecule has 0 saturated heterocycles. The van der Waals surface area contributed by atoms with Crippen LogP contribution < -0.4 is 5.32 Å². The van der Waals surface area contributed by atoms with Crippen molar-refractivity contribution in [3.8, 4) is 0 Å². The van der Waals surface area contributed by atoms with Crippen molar-refractivity contribution in [2.45, 2.75) is 58.0 Å². The maximum absolute atomic E-state index is 6.27. The van der Waals surface area contributed by atoms with Crippen LogP contribution in [-0.2, 0) is 0 Å². The molecule has 106 valence electrons. The minimum absolute atomic E-state index is 0.283. The number of benzene rings is 1. The second kappa shape index (κ2) is 6.97. The zero-order chi connectivity index (χ0) is 13.8. The Morgan fingerprint density at radius 1 is 1.32 bits per heavy atom. The maximum atomic E-state index is 6.27. The first-order chi connectivity index (χ1) is 9.10. The van der Waals surface area contributed by atoms with Gasteiger partial charge in [-0.05, 0) is 43.4 Å². The SMILES string of the molecule is CCC1CCCC(NC(C)c2ccc(Cl)cc2Cl)C1. The van der Waals surface area contributed by atoms with Crippen LogP contribution in [0.15, 0.2) is 18.2 Å². The summed E-state index contributed by atoms with van der Waals surface area (Å²) in [5.41, 5.74) is 1.14. The second-order valence-corrected chi connectivity index (χ2v) is 6.54. The van der Waals surface area contributed by atoms with Gasteiger partial charge in [-0.2, -0.15) is 0 Å². The fraction of sp³-hybridized carbons (Fsp3) is 0.625. The molecular weight excluding hydrogens is 277 g/mol. The highest BCUT2D eigenvalue weighted by Gasteiger charge is 2.22. The van der Waals surface area contributed by atoms with Gasteiger partial charge in [0.15, 0.2) is 0 Å². The molecular formula is C16H23Cl2N. The van der Waals surface area contributed by atoms with Crippen molar-refractivity contribution in [2.75, 3.05) is 0 Å². The van der Waals surface area contributed by atoms with Gasteiger partial charge in [-0.25, -0.2) is 0 Å². The molecule has 1 aromatic carbocycles. The number of rotatable bonds is 4. The lowest BCUT2D eigenvalue weighted by Crippen LogP contribution is -2.35. The molecule has 1 saturated carbocycles. The van der Waals surface area contributed by atoms with Crippen molar-refractivity contribution in [2.24, 2.45) is 5.92 Å². The molecule has 0 amide bonds. The average Bonchev–Trinajstić information content (AvgIpc) is 2.38. The van der Waals surface area contributed by atoms with Gasteiger partial charge in [0.1, 0.15) is 0 Å². The van der Waals surface area contributed by atoms with Gasteiger partial charge in [-0.1, -0.05) is 55.5 Å². The molecule has 3 unspecified atom stereocenters. The average molecular weight is 300 g/mol. The largest absolute Gasteiger partial charge is 0.307 e. The van der Waals surface area contributed by atoms with Crippen LogP contribution in [0.2, 0.25) is 10.0 Å². The lowest BCUT2D eigenvalue weighted by Gasteiger charge is -2.31. The van der Waals surface area contributed by atoms with Crippen LogP contribution in [0.3, 0.4) is 0 Å². The molecule has 0 aliphatic heterocycles. The summed E-state index contributed by atoms with van der Waals surface area (Å²) < 4.78 is 0. The number of hydrogen-bond acceptors (Lipinski definition) is 1. The molecule has 19 heavy (non-hydrogen) atoms. The molecule has 1 aromatic rings. The van der Waals surface area contributed by atoms with Gasteiger partial charge in [-0.3, -0.25) is 0 Å². The van der Waals surface area contributed by atoms with Crippen LogP contribution in [-0.4, -0.2) is 6.04 Å². The Bertz CT molecular complexity index is 419. The zero-order valence-corrected chi connectivity index (χ0v) is 13.3. The minimum Gasteiger partial charge on any atom is -0.307 e.